The summed E-state index contributed by atoms with van der Waals surface area (Å²) >= 11 is 28.1. The van der Waals surface area contributed by atoms with Crippen molar-refractivity contribution >= 4 is 82.6 Å². The van der Waals surface area contributed by atoms with Crippen LogP contribution in [0, 0.1) is 0 Å². The predicted molar refractivity (Wildman–Crippen MR) is 82.6 cm³/mol. The van der Waals surface area contributed by atoms with E-state index >= 15 is 0 Å². The largest absolute Gasteiger partial charge is 0.196 e. The second kappa shape index (κ2) is 5.54. The van der Waals surface area contributed by atoms with Crippen molar-refractivity contribution in [2.75, 3.05) is 0 Å². The number of alkyl halides is 3. The fraction of sp³-hybridized carbons (Fsp3) is 0.125. The lowest BCUT2D eigenvalue weighted by Crippen LogP contribution is -2.11. The monoisotopic (exact) mass is 496 g/mol. The molecule has 18 heavy (non-hydrogen) atoms. The number of aromatic nitrogens is 4. The minimum absolute atomic E-state index is 0.345. The van der Waals surface area contributed by atoms with Gasteiger partial charge < -0.3 is 0 Å². The first kappa shape index (κ1) is 15.0. The molecule has 96 valence electrons. The van der Waals surface area contributed by atoms with Crippen LogP contribution in [0.15, 0.2) is 12.1 Å². The summed E-state index contributed by atoms with van der Waals surface area (Å²) in [5.41, 5.74) is 0.449. The van der Waals surface area contributed by atoms with E-state index in [0.29, 0.717) is 26.6 Å². The molecule has 0 aliphatic carbocycles. The molecule has 0 spiro atoms. The molecule has 1 aromatic heterocycles. The van der Waals surface area contributed by atoms with Crippen molar-refractivity contribution in [3.8, 4) is 5.69 Å². The van der Waals surface area contributed by atoms with Crippen LogP contribution < -0.4 is 0 Å². The highest BCUT2D eigenvalue weighted by atomic mass is 80.0. The number of tetrazole rings is 1. The smallest absolute Gasteiger partial charge is 0.191 e. The van der Waals surface area contributed by atoms with E-state index in [1.807, 2.05) is 0 Å². The van der Waals surface area contributed by atoms with Crippen LogP contribution in [-0.4, -0.2) is 20.2 Å². The van der Waals surface area contributed by atoms with Crippen molar-refractivity contribution in [2.45, 2.75) is 2.14 Å². The Morgan fingerprint density at radius 3 is 2.11 bits per heavy atom. The molecule has 0 saturated heterocycles. The van der Waals surface area contributed by atoms with Gasteiger partial charge in [-0.05, 0) is 22.6 Å². The third-order valence-corrected chi connectivity index (χ3v) is 3.77. The summed E-state index contributed by atoms with van der Waals surface area (Å²) in [6, 6.07) is 3.13. The zero-order valence-corrected chi connectivity index (χ0v) is 15.2. The molecule has 1 heterocycles. The van der Waals surface area contributed by atoms with E-state index < -0.39 is 2.14 Å². The Balaban J connectivity index is 2.68. The Labute approximate surface area is 142 Å². The van der Waals surface area contributed by atoms with E-state index in [0.717, 1.165) is 0 Å². The number of hydrogen-bond acceptors (Lipinski definition) is 3. The summed E-state index contributed by atoms with van der Waals surface area (Å²) in [5.74, 6) is 0.425. The van der Waals surface area contributed by atoms with Crippen LogP contribution in [-0.2, 0) is 2.14 Å². The van der Waals surface area contributed by atoms with E-state index in [1.54, 1.807) is 12.1 Å². The fourth-order valence-corrected chi connectivity index (χ4v) is 2.97. The molecule has 0 atom stereocenters. The Morgan fingerprint density at radius 2 is 1.61 bits per heavy atom. The van der Waals surface area contributed by atoms with Gasteiger partial charge in [0, 0.05) is 5.02 Å². The number of nitrogens with zero attached hydrogens (tertiary/aromatic N) is 4. The molecule has 0 radical (unpaired) electrons. The molecule has 4 nitrogen and oxygen atoms in total. The second-order valence-electron chi connectivity index (χ2n) is 3.13. The molecule has 0 fully saturated rings. The molecule has 0 unspecified atom stereocenters. The van der Waals surface area contributed by atoms with Crippen molar-refractivity contribution < 1.29 is 0 Å². The first-order valence-electron chi connectivity index (χ1n) is 4.31. The highest BCUT2D eigenvalue weighted by Crippen LogP contribution is 2.44. The van der Waals surface area contributed by atoms with E-state index in [-0.39, 0.29) is 0 Å². The SMILES string of the molecule is Clc1cc(Cl)c(-n2nnnc2C(Br)(Br)Br)c(Cl)c1. The van der Waals surface area contributed by atoms with Gasteiger partial charge >= 0.3 is 0 Å². The van der Waals surface area contributed by atoms with Gasteiger partial charge in [-0.3, -0.25) is 0 Å². The highest BCUT2D eigenvalue weighted by Gasteiger charge is 2.30. The van der Waals surface area contributed by atoms with Crippen LogP contribution in [0.2, 0.25) is 15.1 Å². The van der Waals surface area contributed by atoms with Gasteiger partial charge in [-0.2, -0.15) is 4.68 Å². The summed E-state index contributed by atoms with van der Waals surface area (Å²) in [4.78, 5) is 0. The Morgan fingerprint density at radius 1 is 1.06 bits per heavy atom. The topological polar surface area (TPSA) is 43.6 Å². The van der Waals surface area contributed by atoms with Gasteiger partial charge in [0.25, 0.3) is 0 Å². The Hall–Kier alpha value is 0.600. The van der Waals surface area contributed by atoms with Crippen molar-refractivity contribution in [3.05, 3.63) is 33.0 Å². The maximum atomic E-state index is 6.12. The molecule has 0 N–H and O–H groups in total. The quantitative estimate of drug-likeness (QED) is 0.523. The number of rotatable bonds is 1. The fourth-order valence-electron chi connectivity index (χ4n) is 1.25. The first-order valence-corrected chi connectivity index (χ1v) is 7.82. The zero-order chi connectivity index (χ0) is 13.5. The van der Waals surface area contributed by atoms with Gasteiger partial charge in [-0.1, -0.05) is 82.6 Å². The Kier molecular flexibility index (Phi) is 4.61. The van der Waals surface area contributed by atoms with Crippen LogP contribution in [0.1, 0.15) is 5.82 Å². The standard InChI is InChI=1S/C8H2Br3Cl3N4/c9-8(10,11)7-15-16-17-18(7)6-4(13)1-3(12)2-5(6)14/h1-2H. The Bertz CT molecular complexity index is 573. The van der Waals surface area contributed by atoms with Gasteiger partial charge in [-0.15, -0.1) is 5.10 Å². The summed E-state index contributed by atoms with van der Waals surface area (Å²) in [7, 11) is 0. The van der Waals surface area contributed by atoms with Crippen molar-refractivity contribution in [1.82, 2.24) is 20.2 Å². The van der Waals surface area contributed by atoms with Gasteiger partial charge in [-0.25, -0.2) is 0 Å². The zero-order valence-electron chi connectivity index (χ0n) is 8.21. The third kappa shape index (κ3) is 3.02. The average molecular weight is 500 g/mol. The molecule has 10 heteroatoms. The number of hydrogen-bond donors (Lipinski definition) is 0. The number of benzene rings is 1. The minimum Gasteiger partial charge on any atom is -0.191 e. The maximum Gasteiger partial charge on any atom is 0.196 e. The normalized spacial score (nSPS) is 11.9. The number of halogens is 6. The van der Waals surface area contributed by atoms with Crippen molar-refractivity contribution in [1.29, 1.82) is 0 Å². The minimum atomic E-state index is -0.789. The van der Waals surface area contributed by atoms with Crippen LogP contribution in [0.5, 0.6) is 0 Å². The third-order valence-electron chi connectivity index (χ3n) is 1.92. The van der Waals surface area contributed by atoms with E-state index in [9.17, 15) is 0 Å². The maximum absolute atomic E-state index is 6.12. The lowest BCUT2D eigenvalue weighted by atomic mass is 10.3. The van der Waals surface area contributed by atoms with Crippen LogP contribution in [0.4, 0.5) is 0 Å². The van der Waals surface area contributed by atoms with E-state index in [1.165, 1.54) is 4.68 Å². The second-order valence-corrected chi connectivity index (χ2v) is 11.1. The molecular weight excluding hydrogens is 498 g/mol. The van der Waals surface area contributed by atoms with Gasteiger partial charge in [0.15, 0.2) is 7.97 Å². The molecule has 0 aliphatic heterocycles. The molecule has 0 aliphatic rings. The highest BCUT2D eigenvalue weighted by molar-refractivity contribution is 9.38. The molecular formula is C8H2Br3Cl3N4. The molecule has 1 aromatic carbocycles. The summed E-state index contributed by atoms with van der Waals surface area (Å²) in [6.45, 7) is 0. The van der Waals surface area contributed by atoms with Gasteiger partial charge in [0.2, 0.25) is 0 Å². The molecule has 2 aromatic rings. The van der Waals surface area contributed by atoms with Crippen LogP contribution in [0.3, 0.4) is 0 Å². The summed E-state index contributed by atoms with van der Waals surface area (Å²) in [5, 5.41) is 12.5. The van der Waals surface area contributed by atoms with E-state index in [4.69, 9.17) is 34.8 Å². The van der Waals surface area contributed by atoms with Crippen LogP contribution >= 0.6 is 82.6 Å². The molecule has 0 bridgehead atoms. The van der Waals surface area contributed by atoms with E-state index in [2.05, 4.69) is 63.3 Å². The van der Waals surface area contributed by atoms with Crippen molar-refractivity contribution in [3.63, 3.8) is 0 Å². The van der Waals surface area contributed by atoms with Gasteiger partial charge in [0.05, 0.1) is 10.0 Å². The van der Waals surface area contributed by atoms with Crippen molar-refractivity contribution in [2.24, 2.45) is 0 Å². The molecule has 0 amide bonds. The lowest BCUT2D eigenvalue weighted by molar-refractivity contribution is 0.776. The lowest BCUT2D eigenvalue weighted by Gasteiger charge is -2.13. The molecule has 2 rings (SSSR count). The summed E-state index contributed by atoms with van der Waals surface area (Å²) < 4.78 is 0.613. The predicted octanol–water partition coefficient (Wildman–Crippen LogP) is 4.92. The average Bonchev–Trinajstić information content (AvgIpc) is 2.63. The molecule has 0 saturated carbocycles. The van der Waals surface area contributed by atoms with Crippen LogP contribution in [0.25, 0.3) is 5.69 Å². The summed E-state index contributed by atoms with van der Waals surface area (Å²) in [6.07, 6.45) is 0. The first-order chi connectivity index (χ1) is 8.30. The van der Waals surface area contributed by atoms with Gasteiger partial charge in [0.1, 0.15) is 5.69 Å².